The molecular weight excluding hydrogens is 244 g/mol. The average molecular weight is 266 g/mol. The van der Waals surface area contributed by atoms with Crippen molar-refractivity contribution in [1.29, 1.82) is 0 Å². The van der Waals surface area contributed by atoms with Crippen LogP contribution in [0.2, 0.25) is 0 Å². The van der Waals surface area contributed by atoms with Crippen molar-refractivity contribution in [2.45, 2.75) is 13.5 Å². The van der Waals surface area contributed by atoms with Crippen LogP contribution in [0.25, 0.3) is 0 Å². The zero-order chi connectivity index (χ0) is 14.3. The lowest BCUT2D eigenvalue weighted by atomic mass is 10.2. The molecule has 0 spiro atoms. The molecule has 0 bridgehead atoms. The Morgan fingerprint density at radius 1 is 1.26 bits per heavy atom. The molecule has 1 amide bonds. The Hall–Kier alpha value is -1.75. The molecule has 19 heavy (non-hydrogen) atoms. The third kappa shape index (κ3) is 4.79. The number of ether oxygens (including phenoxy) is 2. The molecule has 0 saturated heterocycles. The Balaban J connectivity index is 2.78. The summed E-state index contributed by atoms with van der Waals surface area (Å²) >= 11 is 0. The van der Waals surface area contributed by atoms with Crippen LogP contribution in [0.5, 0.6) is 11.5 Å². The van der Waals surface area contributed by atoms with Crippen molar-refractivity contribution in [2.75, 3.05) is 34.4 Å². The highest BCUT2D eigenvalue weighted by atomic mass is 16.5. The van der Waals surface area contributed by atoms with Gasteiger partial charge in [0.2, 0.25) is 0 Å². The van der Waals surface area contributed by atoms with Gasteiger partial charge in [-0.1, -0.05) is 6.07 Å². The Morgan fingerprint density at radius 2 is 2.00 bits per heavy atom. The van der Waals surface area contributed by atoms with E-state index >= 15 is 0 Å². The highest BCUT2D eigenvalue weighted by Crippen LogP contribution is 2.28. The zero-order valence-electron chi connectivity index (χ0n) is 12.0. The summed E-state index contributed by atoms with van der Waals surface area (Å²) < 4.78 is 11.0. The molecule has 1 N–H and O–H groups in total. The van der Waals surface area contributed by atoms with Gasteiger partial charge in [-0.25, -0.2) is 0 Å². The number of hydrogen-bond donors (Lipinski definition) is 1. The van der Waals surface area contributed by atoms with Gasteiger partial charge in [0.1, 0.15) is 0 Å². The van der Waals surface area contributed by atoms with Crippen LogP contribution in [0.15, 0.2) is 18.2 Å². The SMILES string of the molecule is CCOc1cc(CNC)ccc1OCC(=O)N(C)C. The van der Waals surface area contributed by atoms with E-state index in [1.807, 2.05) is 32.2 Å². The molecule has 1 aromatic rings. The molecule has 0 saturated carbocycles. The van der Waals surface area contributed by atoms with Gasteiger partial charge in [-0.2, -0.15) is 0 Å². The van der Waals surface area contributed by atoms with Crippen LogP contribution in [0.3, 0.4) is 0 Å². The predicted octanol–water partition coefficient (Wildman–Crippen LogP) is 1.27. The molecule has 1 aromatic carbocycles. The van der Waals surface area contributed by atoms with E-state index < -0.39 is 0 Å². The van der Waals surface area contributed by atoms with Gasteiger partial charge in [-0.15, -0.1) is 0 Å². The molecule has 1 rings (SSSR count). The number of nitrogens with zero attached hydrogens (tertiary/aromatic N) is 1. The number of hydrogen-bond acceptors (Lipinski definition) is 4. The lowest BCUT2D eigenvalue weighted by Gasteiger charge is -2.15. The Kier molecular flexibility index (Phi) is 6.15. The smallest absolute Gasteiger partial charge is 0.259 e. The summed E-state index contributed by atoms with van der Waals surface area (Å²) in [6.45, 7) is 3.25. The van der Waals surface area contributed by atoms with E-state index in [-0.39, 0.29) is 12.5 Å². The van der Waals surface area contributed by atoms with E-state index in [4.69, 9.17) is 9.47 Å². The highest BCUT2D eigenvalue weighted by Gasteiger charge is 2.10. The summed E-state index contributed by atoms with van der Waals surface area (Å²) in [6.07, 6.45) is 0. The largest absolute Gasteiger partial charge is 0.490 e. The molecule has 0 unspecified atom stereocenters. The molecule has 0 aromatic heterocycles. The number of likely N-dealkylation sites (N-methyl/N-ethyl adjacent to an activating group) is 1. The maximum atomic E-state index is 11.5. The van der Waals surface area contributed by atoms with Crippen molar-refractivity contribution in [3.05, 3.63) is 23.8 Å². The van der Waals surface area contributed by atoms with Crippen LogP contribution in [0.1, 0.15) is 12.5 Å². The van der Waals surface area contributed by atoms with Crippen molar-refractivity contribution in [3.8, 4) is 11.5 Å². The van der Waals surface area contributed by atoms with Gasteiger partial charge in [0, 0.05) is 20.6 Å². The third-order valence-corrected chi connectivity index (χ3v) is 2.54. The van der Waals surface area contributed by atoms with E-state index in [1.165, 1.54) is 4.90 Å². The van der Waals surface area contributed by atoms with E-state index in [0.29, 0.717) is 18.1 Å². The van der Waals surface area contributed by atoms with E-state index in [9.17, 15) is 4.79 Å². The van der Waals surface area contributed by atoms with Gasteiger partial charge in [-0.3, -0.25) is 4.79 Å². The fraction of sp³-hybridized carbons (Fsp3) is 0.500. The number of carbonyl (C=O) groups is 1. The van der Waals surface area contributed by atoms with Gasteiger partial charge in [-0.05, 0) is 31.7 Å². The fourth-order valence-corrected chi connectivity index (χ4v) is 1.52. The van der Waals surface area contributed by atoms with E-state index in [2.05, 4.69) is 5.32 Å². The van der Waals surface area contributed by atoms with Crippen molar-refractivity contribution in [3.63, 3.8) is 0 Å². The number of carbonyl (C=O) groups excluding carboxylic acids is 1. The summed E-state index contributed by atoms with van der Waals surface area (Å²) in [4.78, 5) is 13.0. The molecule has 0 aliphatic carbocycles. The topological polar surface area (TPSA) is 50.8 Å². The Labute approximate surface area is 114 Å². The van der Waals surface area contributed by atoms with E-state index in [1.54, 1.807) is 14.1 Å². The van der Waals surface area contributed by atoms with Crippen molar-refractivity contribution in [1.82, 2.24) is 10.2 Å². The standard InChI is InChI=1S/C14H22N2O3/c1-5-18-13-8-11(9-15-2)6-7-12(13)19-10-14(17)16(3)4/h6-8,15H,5,9-10H2,1-4H3. The van der Waals surface area contributed by atoms with Crippen LogP contribution in [0.4, 0.5) is 0 Å². The predicted molar refractivity (Wildman–Crippen MR) is 74.6 cm³/mol. The second-order valence-electron chi connectivity index (χ2n) is 4.32. The van der Waals surface area contributed by atoms with Crippen molar-refractivity contribution < 1.29 is 14.3 Å². The summed E-state index contributed by atoms with van der Waals surface area (Å²) in [6, 6.07) is 5.71. The minimum Gasteiger partial charge on any atom is -0.490 e. The van der Waals surface area contributed by atoms with Crippen LogP contribution in [0, 0.1) is 0 Å². The number of nitrogens with one attached hydrogen (secondary N) is 1. The first-order chi connectivity index (χ1) is 9.08. The average Bonchev–Trinajstić information content (AvgIpc) is 2.38. The second kappa shape index (κ2) is 7.63. The van der Waals surface area contributed by atoms with Crippen LogP contribution in [-0.2, 0) is 11.3 Å². The molecule has 106 valence electrons. The molecule has 0 heterocycles. The van der Waals surface area contributed by atoms with Crippen molar-refractivity contribution in [2.24, 2.45) is 0 Å². The minimum atomic E-state index is -0.0817. The molecular formula is C14H22N2O3. The molecule has 5 heteroatoms. The van der Waals surface area contributed by atoms with Gasteiger partial charge >= 0.3 is 0 Å². The Morgan fingerprint density at radius 3 is 2.58 bits per heavy atom. The Bertz CT molecular complexity index is 419. The first-order valence-electron chi connectivity index (χ1n) is 6.31. The first kappa shape index (κ1) is 15.3. The summed E-state index contributed by atoms with van der Waals surface area (Å²) in [5, 5.41) is 3.08. The first-order valence-corrected chi connectivity index (χ1v) is 6.31. The van der Waals surface area contributed by atoms with E-state index in [0.717, 1.165) is 12.1 Å². The van der Waals surface area contributed by atoms with Crippen LogP contribution < -0.4 is 14.8 Å². The van der Waals surface area contributed by atoms with Crippen molar-refractivity contribution >= 4 is 5.91 Å². The van der Waals surface area contributed by atoms with Gasteiger partial charge < -0.3 is 19.7 Å². The number of amides is 1. The maximum Gasteiger partial charge on any atom is 0.259 e. The molecule has 0 aliphatic heterocycles. The second-order valence-corrected chi connectivity index (χ2v) is 4.32. The zero-order valence-corrected chi connectivity index (χ0v) is 12.0. The molecule has 0 radical (unpaired) electrons. The lowest BCUT2D eigenvalue weighted by molar-refractivity contribution is -0.130. The summed E-state index contributed by atoms with van der Waals surface area (Å²) in [7, 11) is 5.29. The molecule has 0 aliphatic rings. The molecule has 0 atom stereocenters. The minimum absolute atomic E-state index is 0.0123. The maximum absolute atomic E-state index is 11.5. The van der Waals surface area contributed by atoms with Gasteiger partial charge in [0.05, 0.1) is 6.61 Å². The summed E-state index contributed by atoms with van der Waals surface area (Å²) in [5.74, 6) is 1.18. The fourth-order valence-electron chi connectivity index (χ4n) is 1.52. The van der Waals surface area contributed by atoms with Crippen LogP contribution in [-0.4, -0.2) is 45.2 Å². The molecule has 5 nitrogen and oxygen atoms in total. The summed E-state index contributed by atoms with van der Waals surface area (Å²) in [5.41, 5.74) is 1.11. The third-order valence-electron chi connectivity index (χ3n) is 2.54. The van der Waals surface area contributed by atoms with Gasteiger partial charge in [0.15, 0.2) is 18.1 Å². The highest BCUT2D eigenvalue weighted by molar-refractivity contribution is 5.77. The monoisotopic (exact) mass is 266 g/mol. The lowest BCUT2D eigenvalue weighted by Crippen LogP contribution is -2.27. The number of rotatable bonds is 7. The van der Waals surface area contributed by atoms with Crippen LogP contribution >= 0.6 is 0 Å². The van der Waals surface area contributed by atoms with Gasteiger partial charge in [0.25, 0.3) is 5.91 Å². The quantitative estimate of drug-likeness (QED) is 0.807. The number of benzene rings is 1. The normalized spacial score (nSPS) is 10.1. The molecule has 0 fully saturated rings.